The maximum absolute atomic E-state index is 13.6. The fourth-order valence-electron chi connectivity index (χ4n) is 1.78. The number of para-hydroxylation sites is 1. The van der Waals surface area contributed by atoms with Crippen LogP contribution in [0.3, 0.4) is 0 Å². The minimum atomic E-state index is -3.72. The standard InChI is InChI=1S/C14H15FN2O2S/c1-10-6-7-14(12(15)8-10)17-20(18,19)9-11-4-2-3-5-13(11)16/h2-8,17H,9,16H2,1H3. The van der Waals surface area contributed by atoms with E-state index in [1.165, 1.54) is 12.1 Å². The minimum Gasteiger partial charge on any atom is -0.398 e. The Kier molecular flexibility index (Phi) is 3.94. The molecular formula is C14H15FN2O2S. The molecule has 0 aliphatic heterocycles. The zero-order valence-electron chi connectivity index (χ0n) is 10.9. The molecule has 0 amide bonds. The molecule has 4 nitrogen and oxygen atoms in total. The normalized spacial score (nSPS) is 11.3. The molecule has 0 unspecified atom stereocenters. The summed E-state index contributed by atoms with van der Waals surface area (Å²) in [6.45, 7) is 1.73. The zero-order valence-corrected chi connectivity index (χ0v) is 11.7. The summed E-state index contributed by atoms with van der Waals surface area (Å²) in [6, 6.07) is 11.0. The number of benzene rings is 2. The van der Waals surface area contributed by atoms with Crippen LogP contribution in [0.5, 0.6) is 0 Å². The van der Waals surface area contributed by atoms with Crippen molar-refractivity contribution in [3.63, 3.8) is 0 Å². The third-order valence-electron chi connectivity index (χ3n) is 2.79. The van der Waals surface area contributed by atoms with Crippen molar-refractivity contribution >= 4 is 21.4 Å². The summed E-state index contributed by atoms with van der Waals surface area (Å²) in [4.78, 5) is 0. The van der Waals surface area contributed by atoms with Crippen LogP contribution in [0.4, 0.5) is 15.8 Å². The maximum atomic E-state index is 13.6. The number of hydrogen-bond acceptors (Lipinski definition) is 3. The maximum Gasteiger partial charge on any atom is 0.237 e. The molecule has 0 heterocycles. The van der Waals surface area contributed by atoms with Crippen LogP contribution in [0, 0.1) is 12.7 Å². The van der Waals surface area contributed by atoms with Gasteiger partial charge >= 0.3 is 0 Å². The first-order valence-electron chi connectivity index (χ1n) is 5.97. The third-order valence-corrected chi connectivity index (χ3v) is 4.01. The number of nitrogens with two attached hydrogens (primary N) is 1. The number of nitrogen functional groups attached to an aromatic ring is 1. The van der Waals surface area contributed by atoms with Crippen LogP contribution in [-0.4, -0.2) is 8.42 Å². The van der Waals surface area contributed by atoms with Gasteiger partial charge < -0.3 is 5.73 Å². The molecule has 2 aromatic carbocycles. The molecule has 0 saturated carbocycles. The van der Waals surface area contributed by atoms with Gasteiger partial charge in [0.25, 0.3) is 0 Å². The lowest BCUT2D eigenvalue weighted by Crippen LogP contribution is -2.16. The van der Waals surface area contributed by atoms with Gasteiger partial charge in [-0.25, -0.2) is 12.8 Å². The van der Waals surface area contributed by atoms with Gasteiger partial charge in [-0.1, -0.05) is 24.3 Å². The molecule has 0 bridgehead atoms. The molecule has 0 aromatic heterocycles. The molecule has 3 N–H and O–H groups in total. The average molecular weight is 294 g/mol. The van der Waals surface area contributed by atoms with E-state index in [4.69, 9.17) is 5.73 Å². The molecule has 0 atom stereocenters. The van der Waals surface area contributed by atoms with E-state index < -0.39 is 15.8 Å². The van der Waals surface area contributed by atoms with E-state index in [2.05, 4.69) is 4.72 Å². The molecule has 20 heavy (non-hydrogen) atoms. The van der Waals surface area contributed by atoms with Crippen molar-refractivity contribution in [3.8, 4) is 0 Å². The second-order valence-corrected chi connectivity index (χ2v) is 6.27. The number of halogens is 1. The van der Waals surface area contributed by atoms with Gasteiger partial charge in [0.05, 0.1) is 11.4 Å². The predicted molar refractivity (Wildman–Crippen MR) is 78.2 cm³/mol. The first-order chi connectivity index (χ1) is 9.37. The lowest BCUT2D eigenvalue weighted by atomic mass is 10.2. The molecule has 0 fully saturated rings. The van der Waals surface area contributed by atoms with Crippen molar-refractivity contribution in [1.82, 2.24) is 0 Å². The Morgan fingerprint density at radius 3 is 2.55 bits per heavy atom. The van der Waals surface area contributed by atoms with Crippen molar-refractivity contribution in [2.24, 2.45) is 0 Å². The Morgan fingerprint density at radius 1 is 1.20 bits per heavy atom. The smallest absolute Gasteiger partial charge is 0.237 e. The van der Waals surface area contributed by atoms with Crippen LogP contribution in [-0.2, 0) is 15.8 Å². The summed E-state index contributed by atoms with van der Waals surface area (Å²) in [7, 11) is -3.72. The van der Waals surface area contributed by atoms with Crippen molar-refractivity contribution in [2.75, 3.05) is 10.5 Å². The van der Waals surface area contributed by atoms with Gasteiger partial charge in [0, 0.05) is 5.69 Å². The second-order valence-electron chi connectivity index (χ2n) is 4.54. The number of rotatable bonds is 4. The summed E-state index contributed by atoms with van der Waals surface area (Å²) in [5.74, 6) is -0.901. The van der Waals surface area contributed by atoms with E-state index in [0.717, 1.165) is 5.56 Å². The molecule has 6 heteroatoms. The van der Waals surface area contributed by atoms with Gasteiger partial charge in [0.15, 0.2) is 0 Å². The number of anilines is 2. The van der Waals surface area contributed by atoms with E-state index >= 15 is 0 Å². The SMILES string of the molecule is Cc1ccc(NS(=O)(=O)Cc2ccccc2N)c(F)c1. The number of hydrogen-bond donors (Lipinski definition) is 2. The van der Waals surface area contributed by atoms with E-state index in [9.17, 15) is 12.8 Å². The largest absolute Gasteiger partial charge is 0.398 e. The molecule has 0 spiro atoms. The Bertz CT molecular complexity index is 730. The van der Waals surface area contributed by atoms with Crippen LogP contribution in [0.25, 0.3) is 0 Å². The van der Waals surface area contributed by atoms with Crippen molar-refractivity contribution in [3.05, 3.63) is 59.4 Å². The Labute approximate surface area is 117 Å². The van der Waals surface area contributed by atoms with Crippen LogP contribution in [0.1, 0.15) is 11.1 Å². The summed E-state index contributed by atoms with van der Waals surface area (Å²) in [5, 5.41) is 0. The Hall–Kier alpha value is -2.08. The van der Waals surface area contributed by atoms with Gasteiger partial charge in [-0.15, -0.1) is 0 Å². The first-order valence-corrected chi connectivity index (χ1v) is 7.62. The van der Waals surface area contributed by atoms with E-state index in [1.807, 2.05) is 0 Å². The topological polar surface area (TPSA) is 72.2 Å². The fourth-order valence-corrected chi connectivity index (χ4v) is 3.02. The van der Waals surface area contributed by atoms with Crippen molar-refractivity contribution in [1.29, 1.82) is 0 Å². The van der Waals surface area contributed by atoms with E-state index in [-0.39, 0.29) is 11.4 Å². The zero-order chi connectivity index (χ0) is 14.8. The van der Waals surface area contributed by atoms with Crippen molar-refractivity contribution < 1.29 is 12.8 Å². The fraction of sp³-hybridized carbons (Fsp3) is 0.143. The Morgan fingerprint density at radius 2 is 1.90 bits per heavy atom. The van der Waals surface area contributed by atoms with Crippen LogP contribution < -0.4 is 10.5 Å². The molecule has 106 valence electrons. The average Bonchev–Trinajstić information content (AvgIpc) is 2.35. The highest BCUT2D eigenvalue weighted by molar-refractivity contribution is 7.91. The van der Waals surface area contributed by atoms with Gasteiger partial charge in [-0.05, 0) is 36.2 Å². The Balaban J connectivity index is 2.22. The van der Waals surface area contributed by atoms with Gasteiger partial charge in [0.1, 0.15) is 5.82 Å². The van der Waals surface area contributed by atoms with Crippen LogP contribution >= 0.6 is 0 Å². The highest BCUT2D eigenvalue weighted by Gasteiger charge is 2.15. The predicted octanol–water partition coefficient (Wildman–Crippen LogP) is 2.66. The number of nitrogens with one attached hydrogen (secondary N) is 1. The van der Waals surface area contributed by atoms with Gasteiger partial charge in [-0.2, -0.15) is 0 Å². The highest BCUT2D eigenvalue weighted by atomic mass is 32.2. The van der Waals surface area contributed by atoms with Crippen LogP contribution in [0.2, 0.25) is 0 Å². The molecule has 0 aliphatic rings. The van der Waals surface area contributed by atoms with Crippen molar-refractivity contribution in [2.45, 2.75) is 12.7 Å². The molecular weight excluding hydrogens is 279 g/mol. The summed E-state index contributed by atoms with van der Waals surface area (Å²) >= 11 is 0. The molecule has 0 saturated heterocycles. The first kappa shape index (κ1) is 14.3. The van der Waals surface area contributed by atoms with Gasteiger partial charge in [-0.3, -0.25) is 4.72 Å². The minimum absolute atomic E-state index is 0.0647. The molecule has 2 aromatic rings. The van der Waals surface area contributed by atoms with Gasteiger partial charge in [0.2, 0.25) is 10.0 Å². The number of sulfonamides is 1. The van der Waals surface area contributed by atoms with E-state index in [1.54, 1.807) is 37.3 Å². The lowest BCUT2D eigenvalue weighted by Gasteiger charge is -2.10. The summed E-state index contributed by atoms with van der Waals surface area (Å²) in [6.07, 6.45) is 0. The summed E-state index contributed by atoms with van der Waals surface area (Å²) < 4.78 is 39.9. The second kappa shape index (κ2) is 5.50. The highest BCUT2D eigenvalue weighted by Crippen LogP contribution is 2.20. The molecule has 2 rings (SSSR count). The molecule has 0 aliphatic carbocycles. The van der Waals surface area contributed by atoms with Crippen LogP contribution in [0.15, 0.2) is 42.5 Å². The lowest BCUT2D eigenvalue weighted by molar-refractivity contribution is 0.597. The molecule has 0 radical (unpaired) electrons. The summed E-state index contributed by atoms with van der Waals surface area (Å²) in [5.41, 5.74) is 7.23. The third kappa shape index (κ3) is 3.48. The van der Waals surface area contributed by atoms with E-state index in [0.29, 0.717) is 11.3 Å². The number of aryl methyl sites for hydroxylation is 1. The monoisotopic (exact) mass is 294 g/mol. The quantitative estimate of drug-likeness (QED) is 0.851.